The molecule has 0 amide bonds. The second-order valence-electron chi connectivity index (χ2n) is 2.52. The fraction of sp³-hybridized carbons (Fsp3) is 0.444. The highest BCUT2D eigenvalue weighted by Crippen LogP contribution is 2.18. The number of aromatic nitrogens is 1. The zero-order valence-corrected chi connectivity index (χ0v) is 7.90. The number of pyridine rings is 1. The lowest BCUT2D eigenvalue weighted by molar-refractivity contribution is 0.579. The molecule has 12 heavy (non-hydrogen) atoms. The van der Waals surface area contributed by atoms with Gasteiger partial charge in [0.25, 0.3) is 0 Å². The second-order valence-corrected chi connectivity index (χ2v) is 3.68. The van der Waals surface area contributed by atoms with Crippen LogP contribution in [0.15, 0.2) is 23.2 Å². The first-order valence-corrected chi connectivity index (χ1v) is 5.06. The van der Waals surface area contributed by atoms with Gasteiger partial charge in [0, 0.05) is 17.2 Å². The molecular formula is C9H12FNS. The van der Waals surface area contributed by atoms with E-state index in [1.54, 1.807) is 11.8 Å². The van der Waals surface area contributed by atoms with E-state index in [1.807, 2.05) is 6.07 Å². The molecule has 1 aromatic rings. The molecule has 0 aromatic carbocycles. The number of nitrogens with zero attached hydrogens (tertiary/aromatic N) is 1. The van der Waals surface area contributed by atoms with Crippen molar-refractivity contribution in [1.82, 2.24) is 4.98 Å². The largest absolute Gasteiger partial charge is 0.228 e. The average molecular weight is 185 g/mol. The first-order valence-electron chi connectivity index (χ1n) is 4.07. The summed E-state index contributed by atoms with van der Waals surface area (Å²) in [6.45, 7) is 2.15. The third-order valence-corrected chi connectivity index (χ3v) is 2.54. The maximum atomic E-state index is 12.6. The van der Waals surface area contributed by atoms with Crippen LogP contribution in [0, 0.1) is 5.95 Å². The normalized spacial score (nSPS) is 10.2. The molecule has 0 fully saturated rings. The number of halogens is 1. The van der Waals surface area contributed by atoms with E-state index in [-0.39, 0.29) is 0 Å². The number of rotatable bonds is 4. The monoisotopic (exact) mass is 185 g/mol. The predicted octanol–water partition coefficient (Wildman–Crippen LogP) is 3.11. The van der Waals surface area contributed by atoms with Gasteiger partial charge in [-0.1, -0.05) is 13.3 Å². The average Bonchev–Trinajstić information content (AvgIpc) is 2.05. The van der Waals surface area contributed by atoms with Crippen LogP contribution < -0.4 is 0 Å². The Balaban J connectivity index is 2.41. The van der Waals surface area contributed by atoms with Gasteiger partial charge >= 0.3 is 0 Å². The maximum Gasteiger partial charge on any atom is 0.213 e. The van der Waals surface area contributed by atoms with E-state index in [9.17, 15) is 4.39 Å². The highest BCUT2D eigenvalue weighted by molar-refractivity contribution is 7.99. The van der Waals surface area contributed by atoms with Gasteiger partial charge in [-0.3, -0.25) is 0 Å². The van der Waals surface area contributed by atoms with Gasteiger partial charge in [-0.25, -0.2) is 4.98 Å². The summed E-state index contributed by atoms with van der Waals surface area (Å²) in [6.07, 6.45) is 3.86. The summed E-state index contributed by atoms with van der Waals surface area (Å²) < 4.78 is 12.6. The van der Waals surface area contributed by atoms with E-state index in [2.05, 4.69) is 11.9 Å². The zero-order valence-electron chi connectivity index (χ0n) is 7.09. The quantitative estimate of drug-likeness (QED) is 0.406. The SMILES string of the molecule is CCCCSc1ccnc(F)c1. The molecular weight excluding hydrogens is 173 g/mol. The summed E-state index contributed by atoms with van der Waals surface area (Å²) in [5, 5.41) is 0. The molecule has 0 atom stereocenters. The van der Waals surface area contributed by atoms with Gasteiger partial charge in [-0.05, 0) is 18.2 Å². The van der Waals surface area contributed by atoms with Gasteiger partial charge in [0.15, 0.2) is 0 Å². The molecule has 0 bridgehead atoms. The van der Waals surface area contributed by atoms with Crippen LogP contribution in [0.25, 0.3) is 0 Å². The summed E-state index contributed by atoms with van der Waals surface area (Å²) in [7, 11) is 0. The Kier molecular flexibility index (Phi) is 4.08. The van der Waals surface area contributed by atoms with Crippen molar-refractivity contribution in [1.29, 1.82) is 0 Å². The molecule has 3 heteroatoms. The third-order valence-electron chi connectivity index (χ3n) is 1.46. The Morgan fingerprint density at radius 2 is 2.42 bits per heavy atom. The van der Waals surface area contributed by atoms with Crippen molar-refractivity contribution in [3.63, 3.8) is 0 Å². The van der Waals surface area contributed by atoms with Crippen molar-refractivity contribution >= 4 is 11.8 Å². The summed E-state index contributed by atoms with van der Waals surface area (Å²) in [5.74, 6) is 0.663. The summed E-state index contributed by atoms with van der Waals surface area (Å²) in [6, 6.07) is 3.31. The highest BCUT2D eigenvalue weighted by atomic mass is 32.2. The van der Waals surface area contributed by atoms with E-state index < -0.39 is 5.95 Å². The van der Waals surface area contributed by atoms with Gasteiger partial charge < -0.3 is 0 Å². The van der Waals surface area contributed by atoms with Crippen LogP contribution in [0.5, 0.6) is 0 Å². The molecule has 0 spiro atoms. The Morgan fingerprint density at radius 1 is 1.58 bits per heavy atom. The van der Waals surface area contributed by atoms with E-state index in [1.165, 1.54) is 25.1 Å². The predicted molar refractivity (Wildman–Crippen MR) is 49.8 cm³/mol. The molecule has 0 aliphatic rings. The lowest BCUT2D eigenvalue weighted by Crippen LogP contribution is -1.83. The van der Waals surface area contributed by atoms with Crippen molar-refractivity contribution < 1.29 is 4.39 Å². The van der Waals surface area contributed by atoms with Crippen LogP contribution in [0.1, 0.15) is 19.8 Å². The zero-order chi connectivity index (χ0) is 8.81. The van der Waals surface area contributed by atoms with E-state index >= 15 is 0 Å². The topological polar surface area (TPSA) is 12.9 Å². The maximum absolute atomic E-state index is 12.6. The van der Waals surface area contributed by atoms with Crippen molar-refractivity contribution in [2.24, 2.45) is 0 Å². The van der Waals surface area contributed by atoms with Crippen molar-refractivity contribution in [2.45, 2.75) is 24.7 Å². The fourth-order valence-corrected chi connectivity index (χ4v) is 1.82. The minimum atomic E-state index is -0.392. The summed E-state index contributed by atoms with van der Waals surface area (Å²) in [4.78, 5) is 4.46. The summed E-state index contributed by atoms with van der Waals surface area (Å²) >= 11 is 1.68. The van der Waals surface area contributed by atoms with Crippen molar-refractivity contribution in [3.05, 3.63) is 24.3 Å². The molecule has 1 aromatic heterocycles. The van der Waals surface area contributed by atoms with Crippen LogP contribution in [0.3, 0.4) is 0 Å². The first kappa shape index (κ1) is 9.52. The smallest absolute Gasteiger partial charge is 0.213 e. The Hall–Kier alpha value is -0.570. The molecule has 66 valence electrons. The van der Waals surface area contributed by atoms with Gasteiger partial charge in [0.2, 0.25) is 5.95 Å². The molecule has 0 aliphatic heterocycles. The second kappa shape index (κ2) is 5.14. The number of hydrogen-bond donors (Lipinski definition) is 0. The first-order chi connectivity index (χ1) is 5.83. The van der Waals surface area contributed by atoms with Crippen molar-refractivity contribution in [3.8, 4) is 0 Å². The highest BCUT2D eigenvalue weighted by Gasteiger charge is 1.95. The van der Waals surface area contributed by atoms with Gasteiger partial charge in [-0.15, -0.1) is 11.8 Å². The Labute approximate surface area is 76.4 Å². The Morgan fingerprint density at radius 3 is 3.08 bits per heavy atom. The Bertz CT molecular complexity index is 240. The van der Waals surface area contributed by atoms with Crippen LogP contribution in [0.4, 0.5) is 4.39 Å². The van der Waals surface area contributed by atoms with Gasteiger partial charge in [0.05, 0.1) is 0 Å². The molecule has 0 saturated heterocycles. The third kappa shape index (κ3) is 3.22. The lowest BCUT2D eigenvalue weighted by atomic mass is 10.4. The minimum Gasteiger partial charge on any atom is -0.228 e. The van der Waals surface area contributed by atoms with Crippen molar-refractivity contribution in [2.75, 3.05) is 5.75 Å². The standard InChI is InChI=1S/C9H12FNS/c1-2-3-6-12-8-4-5-11-9(10)7-8/h4-5,7H,2-3,6H2,1H3. The van der Waals surface area contributed by atoms with E-state index in [4.69, 9.17) is 0 Å². The molecule has 0 saturated carbocycles. The molecule has 0 aliphatic carbocycles. The van der Waals surface area contributed by atoms with E-state index in [0.29, 0.717) is 0 Å². The number of hydrogen-bond acceptors (Lipinski definition) is 2. The fourth-order valence-electron chi connectivity index (χ4n) is 0.809. The van der Waals surface area contributed by atoms with Crippen LogP contribution in [-0.2, 0) is 0 Å². The van der Waals surface area contributed by atoms with Crippen LogP contribution >= 0.6 is 11.8 Å². The van der Waals surface area contributed by atoms with Gasteiger partial charge in [0.1, 0.15) is 0 Å². The molecule has 1 nitrogen and oxygen atoms in total. The molecule has 1 heterocycles. The molecule has 1 rings (SSSR count). The van der Waals surface area contributed by atoms with Crippen LogP contribution in [-0.4, -0.2) is 10.7 Å². The van der Waals surface area contributed by atoms with Gasteiger partial charge in [-0.2, -0.15) is 4.39 Å². The van der Waals surface area contributed by atoms with E-state index in [0.717, 1.165) is 10.6 Å². The number of thioether (sulfide) groups is 1. The molecule has 0 radical (unpaired) electrons. The molecule has 0 N–H and O–H groups in total. The lowest BCUT2D eigenvalue weighted by Gasteiger charge is -1.98. The van der Waals surface area contributed by atoms with Crippen LogP contribution in [0.2, 0.25) is 0 Å². The summed E-state index contributed by atoms with van der Waals surface area (Å²) in [5.41, 5.74) is 0. The number of unbranched alkanes of at least 4 members (excludes halogenated alkanes) is 1. The minimum absolute atomic E-state index is 0.392. The molecule has 0 unspecified atom stereocenters.